The molecule has 3 aromatic rings. The van der Waals surface area contributed by atoms with Crippen molar-refractivity contribution in [2.75, 3.05) is 6.54 Å². The molecule has 2 N–H and O–H groups in total. The van der Waals surface area contributed by atoms with Gasteiger partial charge in [0.15, 0.2) is 0 Å². The first-order valence-electron chi connectivity index (χ1n) is 7.62. The SMILES string of the molecule is CCN=c1scc(-c2cccc(Br)c2)n1N=Cc1ccc(O)cc1O. The summed E-state index contributed by atoms with van der Waals surface area (Å²) in [7, 11) is 0. The molecule has 2 aromatic carbocycles. The number of nitrogens with zero attached hydrogens (tertiary/aromatic N) is 3. The Bertz CT molecular complexity index is 992. The Balaban J connectivity index is 2.09. The molecule has 0 fully saturated rings. The van der Waals surface area contributed by atoms with Crippen molar-refractivity contribution in [2.45, 2.75) is 6.92 Å². The Morgan fingerprint density at radius 3 is 2.76 bits per heavy atom. The maximum atomic E-state index is 9.93. The molecule has 0 saturated carbocycles. The monoisotopic (exact) mass is 417 g/mol. The Morgan fingerprint density at radius 1 is 1.20 bits per heavy atom. The van der Waals surface area contributed by atoms with Crippen LogP contribution in [0.2, 0.25) is 0 Å². The summed E-state index contributed by atoms with van der Waals surface area (Å²) in [5.74, 6) is -0.0214. The van der Waals surface area contributed by atoms with Crippen molar-refractivity contribution < 1.29 is 10.2 Å². The van der Waals surface area contributed by atoms with Crippen molar-refractivity contribution >= 4 is 33.5 Å². The molecule has 0 radical (unpaired) electrons. The van der Waals surface area contributed by atoms with Crippen LogP contribution in [0.25, 0.3) is 11.3 Å². The van der Waals surface area contributed by atoms with Gasteiger partial charge in [-0.05, 0) is 31.2 Å². The van der Waals surface area contributed by atoms with Crippen LogP contribution in [-0.2, 0) is 0 Å². The summed E-state index contributed by atoms with van der Waals surface area (Å²) in [4.78, 5) is 5.25. The van der Waals surface area contributed by atoms with Gasteiger partial charge >= 0.3 is 0 Å². The average molecular weight is 418 g/mol. The van der Waals surface area contributed by atoms with Crippen LogP contribution in [0, 0.1) is 0 Å². The largest absolute Gasteiger partial charge is 0.508 e. The van der Waals surface area contributed by atoms with Crippen LogP contribution in [0.4, 0.5) is 0 Å². The number of aromatic nitrogens is 1. The van der Waals surface area contributed by atoms with E-state index in [-0.39, 0.29) is 11.5 Å². The van der Waals surface area contributed by atoms with Gasteiger partial charge in [-0.2, -0.15) is 5.10 Å². The van der Waals surface area contributed by atoms with E-state index in [0.717, 1.165) is 20.5 Å². The van der Waals surface area contributed by atoms with Crippen molar-refractivity contribution in [3.63, 3.8) is 0 Å². The highest BCUT2D eigenvalue weighted by molar-refractivity contribution is 9.10. The fourth-order valence-corrected chi connectivity index (χ4v) is 3.56. The third kappa shape index (κ3) is 4.00. The van der Waals surface area contributed by atoms with E-state index in [1.807, 2.05) is 36.6 Å². The van der Waals surface area contributed by atoms with Crippen LogP contribution < -0.4 is 4.80 Å². The molecule has 128 valence electrons. The molecular weight excluding hydrogens is 402 g/mol. The first-order chi connectivity index (χ1) is 12.1. The fraction of sp³-hybridized carbons (Fsp3) is 0.111. The quantitative estimate of drug-likeness (QED) is 0.624. The van der Waals surface area contributed by atoms with Gasteiger partial charge in [0.2, 0.25) is 4.80 Å². The Kier molecular flexibility index (Phi) is 5.35. The molecule has 0 spiro atoms. The van der Waals surface area contributed by atoms with Crippen LogP contribution in [0.15, 0.2) is 62.4 Å². The van der Waals surface area contributed by atoms with Crippen LogP contribution in [-0.4, -0.2) is 27.6 Å². The van der Waals surface area contributed by atoms with Gasteiger partial charge in [-0.1, -0.05) is 28.1 Å². The molecule has 7 heteroatoms. The normalized spacial score (nSPS) is 12.2. The van der Waals surface area contributed by atoms with E-state index in [1.54, 1.807) is 17.0 Å². The molecule has 25 heavy (non-hydrogen) atoms. The third-order valence-corrected chi connectivity index (χ3v) is 4.77. The average Bonchev–Trinajstić information content (AvgIpc) is 2.97. The molecule has 0 bridgehead atoms. The first kappa shape index (κ1) is 17.4. The van der Waals surface area contributed by atoms with E-state index >= 15 is 0 Å². The van der Waals surface area contributed by atoms with Gasteiger partial charge < -0.3 is 10.2 Å². The lowest BCUT2D eigenvalue weighted by molar-refractivity contribution is 0.450. The van der Waals surface area contributed by atoms with Crippen LogP contribution >= 0.6 is 27.3 Å². The standard InChI is InChI=1S/C18H16BrN3O2S/c1-2-20-18-22(21-10-13-6-7-15(23)9-17(13)24)16(11-25-18)12-4-3-5-14(19)8-12/h3-11,23-24H,2H2,1H3. The van der Waals surface area contributed by atoms with Gasteiger partial charge in [0.1, 0.15) is 11.5 Å². The Hall–Kier alpha value is -2.38. The fourth-order valence-electron chi connectivity index (χ4n) is 2.26. The molecule has 0 aliphatic carbocycles. The van der Waals surface area contributed by atoms with E-state index in [9.17, 15) is 10.2 Å². The predicted octanol–water partition coefficient (Wildman–Crippen LogP) is 4.19. The Morgan fingerprint density at radius 2 is 2.04 bits per heavy atom. The molecule has 1 heterocycles. The number of phenols is 2. The highest BCUT2D eigenvalue weighted by Crippen LogP contribution is 2.24. The molecule has 0 unspecified atom stereocenters. The number of halogens is 1. The number of rotatable bonds is 4. The zero-order valence-corrected chi connectivity index (χ0v) is 15.8. The lowest BCUT2D eigenvalue weighted by Crippen LogP contribution is -2.12. The molecule has 0 amide bonds. The molecule has 0 atom stereocenters. The van der Waals surface area contributed by atoms with Crippen molar-refractivity contribution in [2.24, 2.45) is 10.1 Å². The molecule has 0 aliphatic heterocycles. The number of aromatic hydroxyl groups is 2. The number of hydrogen-bond acceptors (Lipinski definition) is 5. The van der Waals surface area contributed by atoms with Gasteiger partial charge in [-0.15, -0.1) is 11.3 Å². The van der Waals surface area contributed by atoms with Gasteiger partial charge in [0, 0.05) is 33.6 Å². The predicted molar refractivity (Wildman–Crippen MR) is 104 cm³/mol. The minimum atomic E-state index is -0.0300. The number of hydrogen-bond donors (Lipinski definition) is 2. The van der Waals surface area contributed by atoms with E-state index in [0.29, 0.717) is 12.1 Å². The zero-order chi connectivity index (χ0) is 17.8. The van der Waals surface area contributed by atoms with Crippen LogP contribution in [0.1, 0.15) is 12.5 Å². The number of thiazole rings is 1. The van der Waals surface area contributed by atoms with Crippen molar-refractivity contribution in [1.29, 1.82) is 0 Å². The smallest absolute Gasteiger partial charge is 0.206 e. The van der Waals surface area contributed by atoms with E-state index in [2.05, 4.69) is 26.0 Å². The molecule has 1 aromatic heterocycles. The second-order valence-corrected chi connectivity index (χ2v) is 6.94. The molecule has 3 rings (SSSR count). The van der Waals surface area contributed by atoms with Crippen molar-refractivity contribution in [1.82, 2.24) is 4.68 Å². The molecular formula is C18H16BrN3O2S. The van der Waals surface area contributed by atoms with E-state index in [4.69, 9.17) is 0 Å². The zero-order valence-electron chi connectivity index (χ0n) is 13.4. The summed E-state index contributed by atoms with van der Waals surface area (Å²) in [6, 6.07) is 12.4. The maximum Gasteiger partial charge on any atom is 0.206 e. The second kappa shape index (κ2) is 7.67. The summed E-state index contributed by atoms with van der Waals surface area (Å²) in [5.41, 5.74) is 2.43. The summed E-state index contributed by atoms with van der Waals surface area (Å²) in [6.07, 6.45) is 1.55. The minimum absolute atomic E-state index is 0.00864. The first-order valence-corrected chi connectivity index (χ1v) is 9.29. The summed E-state index contributed by atoms with van der Waals surface area (Å²) in [6.45, 7) is 2.62. The van der Waals surface area contributed by atoms with Gasteiger partial charge in [-0.3, -0.25) is 4.99 Å². The van der Waals surface area contributed by atoms with Gasteiger partial charge in [-0.25, -0.2) is 4.68 Å². The summed E-state index contributed by atoms with van der Waals surface area (Å²) < 4.78 is 2.74. The second-order valence-electron chi connectivity index (χ2n) is 5.19. The molecule has 0 saturated heterocycles. The van der Waals surface area contributed by atoms with E-state index in [1.165, 1.54) is 23.5 Å². The molecule has 5 nitrogen and oxygen atoms in total. The summed E-state index contributed by atoms with van der Waals surface area (Å²) in [5, 5.41) is 25.8. The minimum Gasteiger partial charge on any atom is -0.508 e. The van der Waals surface area contributed by atoms with Crippen LogP contribution in [0.5, 0.6) is 11.5 Å². The van der Waals surface area contributed by atoms with Gasteiger partial charge in [0.25, 0.3) is 0 Å². The maximum absolute atomic E-state index is 9.93. The van der Waals surface area contributed by atoms with Crippen molar-refractivity contribution in [3.8, 4) is 22.8 Å². The highest BCUT2D eigenvalue weighted by Gasteiger charge is 2.08. The summed E-state index contributed by atoms with van der Waals surface area (Å²) >= 11 is 5.00. The third-order valence-electron chi connectivity index (χ3n) is 3.43. The Labute approximate surface area is 157 Å². The molecule has 0 aliphatic rings. The number of phenolic OH excluding ortho intramolecular Hbond substituents is 2. The van der Waals surface area contributed by atoms with E-state index < -0.39 is 0 Å². The lowest BCUT2D eigenvalue weighted by Gasteiger charge is -2.05. The van der Waals surface area contributed by atoms with Crippen LogP contribution in [0.3, 0.4) is 0 Å². The van der Waals surface area contributed by atoms with Gasteiger partial charge in [0.05, 0.1) is 11.9 Å². The highest BCUT2D eigenvalue weighted by atomic mass is 79.9. The topological polar surface area (TPSA) is 70.1 Å². The van der Waals surface area contributed by atoms with Crippen molar-refractivity contribution in [3.05, 3.63) is 62.7 Å². The number of benzene rings is 2. The lowest BCUT2D eigenvalue weighted by atomic mass is 10.2.